The Hall–Kier alpha value is -1.77. The summed E-state index contributed by atoms with van der Waals surface area (Å²) in [5, 5.41) is 0. The molecule has 0 amide bonds. The summed E-state index contributed by atoms with van der Waals surface area (Å²) in [5.74, 6) is -0.855. The summed E-state index contributed by atoms with van der Waals surface area (Å²) in [5.41, 5.74) is 0. The van der Waals surface area contributed by atoms with Gasteiger partial charge in [-0.2, -0.15) is 0 Å². The summed E-state index contributed by atoms with van der Waals surface area (Å²) >= 11 is 0. The highest BCUT2D eigenvalue weighted by molar-refractivity contribution is 7.47. The molecule has 9 nitrogen and oxygen atoms in total. The minimum Gasteiger partial charge on any atom is -0.462 e. The van der Waals surface area contributed by atoms with Crippen LogP contribution in [0.5, 0.6) is 0 Å². The van der Waals surface area contributed by atoms with E-state index in [9.17, 15) is 19.0 Å². The fourth-order valence-electron chi connectivity index (χ4n) is 6.56. The van der Waals surface area contributed by atoms with E-state index in [1.54, 1.807) is 0 Å². The van der Waals surface area contributed by atoms with E-state index in [0.29, 0.717) is 17.4 Å². The van der Waals surface area contributed by atoms with Crippen molar-refractivity contribution in [1.29, 1.82) is 0 Å². The van der Waals surface area contributed by atoms with Crippen LogP contribution >= 0.6 is 7.82 Å². The third kappa shape index (κ3) is 45.6. The molecule has 0 saturated carbocycles. The Morgan fingerprint density at radius 3 is 1.39 bits per heavy atom. The van der Waals surface area contributed by atoms with E-state index in [0.717, 1.165) is 64.2 Å². The number of allylic oxidation sites excluding steroid dienone is 6. The minimum atomic E-state index is -4.39. The number of rotatable bonds is 44. The van der Waals surface area contributed by atoms with Crippen molar-refractivity contribution < 1.29 is 42.1 Å². The summed E-state index contributed by atoms with van der Waals surface area (Å²) in [7, 11) is 1.45. The fourth-order valence-corrected chi connectivity index (χ4v) is 7.30. The molecular formula is C49H93NO8P+. The molecule has 0 bridgehead atoms. The van der Waals surface area contributed by atoms with E-state index in [1.807, 2.05) is 21.1 Å². The quantitative estimate of drug-likeness (QED) is 0.0212. The SMILES string of the molecule is CCCCC/C=C/CCCCCCCC(=O)OC[C@H](COP(=O)(O)OCC[N+](C)(C)C)OC(=O)CCC/C=C/CC/C=C/CCCCCCCCCCCCCCCC. The normalized spacial score (nSPS) is 13.8. The Balaban J connectivity index is 4.30. The molecule has 0 spiro atoms. The largest absolute Gasteiger partial charge is 0.472 e. The molecule has 0 aromatic heterocycles. The van der Waals surface area contributed by atoms with Crippen molar-refractivity contribution in [3.8, 4) is 0 Å². The second-order valence-corrected chi connectivity index (χ2v) is 18.9. The molecule has 0 heterocycles. The van der Waals surface area contributed by atoms with Crippen molar-refractivity contribution in [2.24, 2.45) is 0 Å². The number of hydrogen-bond donors (Lipinski definition) is 1. The van der Waals surface area contributed by atoms with Gasteiger partial charge in [-0.1, -0.05) is 166 Å². The van der Waals surface area contributed by atoms with Crippen LogP contribution in [0.3, 0.4) is 0 Å². The first-order valence-electron chi connectivity index (χ1n) is 24.2. The number of unbranched alkanes of at least 4 members (excludes halogenated alkanes) is 24. The van der Waals surface area contributed by atoms with E-state index in [1.165, 1.54) is 116 Å². The lowest BCUT2D eigenvalue weighted by atomic mass is 10.0. The summed E-state index contributed by atoms with van der Waals surface area (Å²) in [6.45, 7) is 4.36. The molecule has 59 heavy (non-hydrogen) atoms. The lowest BCUT2D eigenvalue weighted by molar-refractivity contribution is -0.870. The maximum atomic E-state index is 12.7. The molecule has 0 aliphatic heterocycles. The van der Waals surface area contributed by atoms with Crippen LogP contribution in [0.4, 0.5) is 0 Å². The highest BCUT2D eigenvalue weighted by Crippen LogP contribution is 2.43. The van der Waals surface area contributed by atoms with E-state index < -0.39 is 26.5 Å². The zero-order valence-corrected chi connectivity index (χ0v) is 39.9. The topological polar surface area (TPSA) is 108 Å². The van der Waals surface area contributed by atoms with Gasteiger partial charge in [0.2, 0.25) is 0 Å². The van der Waals surface area contributed by atoms with Gasteiger partial charge in [-0.15, -0.1) is 0 Å². The van der Waals surface area contributed by atoms with Crippen LogP contribution in [-0.2, 0) is 32.7 Å². The number of phosphoric acid groups is 1. The van der Waals surface area contributed by atoms with Gasteiger partial charge in [-0.25, -0.2) is 4.57 Å². The van der Waals surface area contributed by atoms with Gasteiger partial charge >= 0.3 is 19.8 Å². The standard InChI is InChI=1S/C49H92NO8P/c1-6-8-10-12-14-16-18-20-21-22-23-24-25-26-27-28-29-30-32-34-36-38-40-42-49(52)58-47(46-57-59(53,54)56-44-43-50(3,4)5)45-55-48(51)41-39-37-35-33-31-19-17-15-13-11-9-7-2/h15,17,28-29,34,36,47H,6-14,16,18-27,30-33,35,37-46H2,1-5H3/p+1/b17-15+,29-28+,36-34+/t47-/m1/s1. The molecule has 0 aromatic carbocycles. The van der Waals surface area contributed by atoms with Crippen LogP contribution in [0.25, 0.3) is 0 Å². The van der Waals surface area contributed by atoms with Crippen LogP contribution in [0.2, 0.25) is 0 Å². The Morgan fingerprint density at radius 2 is 0.898 bits per heavy atom. The lowest BCUT2D eigenvalue weighted by Crippen LogP contribution is -2.37. The van der Waals surface area contributed by atoms with Crippen molar-refractivity contribution in [3.63, 3.8) is 0 Å². The Kier molecular flexibility index (Phi) is 40.3. The first-order valence-corrected chi connectivity index (χ1v) is 25.7. The van der Waals surface area contributed by atoms with Gasteiger partial charge in [0.25, 0.3) is 0 Å². The monoisotopic (exact) mass is 855 g/mol. The Bertz CT molecular complexity index is 1100. The van der Waals surface area contributed by atoms with Crippen molar-refractivity contribution in [2.45, 2.75) is 219 Å². The van der Waals surface area contributed by atoms with Gasteiger partial charge in [0.1, 0.15) is 19.8 Å². The summed E-state index contributed by atoms with van der Waals surface area (Å²) in [6.07, 6.45) is 47.9. The predicted octanol–water partition coefficient (Wildman–Crippen LogP) is 14.1. The van der Waals surface area contributed by atoms with Gasteiger partial charge < -0.3 is 18.9 Å². The summed E-state index contributed by atoms with van der Waals surface area (Å²) < 4.78 is 34.3. The molecule has 0 rings (SSSR count). The average Bonchev–Trinajstić information content (AvgIpc) is 3.19. The molecule has 0 radical (unpaired) electrons. The number of likely N-dealkylation sites (N-methyl/N-ethyl adjacent to an activating group) is 1. The third-order valence-electron chi connectivity index (χ3n) is 10.4. The van der Waals surface area contributed by atoms with Crippen molar-refractivity contribution in [2.75, 3.05) is 47.5 Å². The van der Waals surface area contributed by atoms with Gasteiger partial charge in [0.05, 0.1) is 27.7 Å². The Morgan fingerprint density at radius 1 is 0.508 bits per heavy atom. The third-order valence-corrected chi connectivity index (χ3v) is 11.4. The van der Waals surface area contributed by atoms with E-state index in [2.05, 4.69) is 50.3 Å². The molecule has 2 atom stereocenters. The minimum absolute atomic E-state index is 0.0236. The summed E-state index contributed by atoms with van der Waals surface area (Å²) in [6, 6.07) is 0. The zero-order chi connectivity index (χ0) is 43.6. The molecule has 0 fully saturated rings. The molecule has 0 aliphatic rings. The molecule has 0 aliphatic carbocycles. The molecule has 0 saturated heterocycles. The molecular weight excluding hydrogens is 762 g/mol. The number of ether oxygens (including phenoxy) is 2. The number of carbonyl (C=O) groups excluding carboxylic acids is 2. The average molecular weight is 855 g/mol. The van der Waals surface area contributed by atoms with Crippen molar-refractivity contribution >= 4 is 19.8 Å². The van der Waals surface area contributed by atoms with Crippen LogP contribution < -0.4 is 0 Å². The molecule has 0 aromatic rings. The fraction of sp³-hybridized carbons (Fsp3) is 0.837. The van der Waals surface area contributed by atoms with Crippen molar-refractivity contribution in [3.05, 3.63) is 36.5 Å². The van der Waals surface area contributed by atoms with E-state index in [4.69, 9.17) is 18.5 Å². The number of carbonyl (C=O) groups is 2. The maximum absolute atomic E-state index is 12.7. The number of esters is 2. The first kappa shape index (κ1) is 57.2. The van der Waals surface area contributed by atoms with Gasteiger partial charge in [-0.3, -0.25) is 18.6 Å². The highest BCUT2D eigenvalue weighted by atomic mass is 31.2. The number of hydrogen-bond acceptors (Lipinski definition) is 7. The van der Waals surface area contributed by atoms with Gasteiger partial charge in [-0.05, 0) is 70.6 Å². The Labute approximate surface area is 363 Å². The molecule has 1 unspecified atom stereocenters. The lowest BCUT2D eigenvalue weighted by Gasteiger charge is -2.24. The predicted molar refractivity (Wildman–Crippen MR) is 247 cm³/mol. The van der Waals surface area contributed by atoms with E-state index in [-0.39, 0.29) is 32.0 Å². The smallest absolute Gasteiger partial charge is 0.462 e. The van der Waals surface area contributed by atoms with Crippen LogP contribution in [-0.4, -0.2) is 74.9 Å². The maximum Gasteiger partial charge on any atom is 0.472 e. The van der Waals surface area contributed by atoms with Crippen molar-refractivity contribution in [1.82, 2.24) is 0 Å². The van der Waals surface area contributed by atoms with E-state index >= 15 is 0 Å². The highest BCUT2D eigenvalue weighted by Gasteiger charge is 2.27. The van der Waals surface area contributed by atoms with Gasteiger partial charge in [0.15, 0.2) is 6.10 Å². The first-order chi connectivity index (χ1) is 28.5. The second kappa shape index (κ2) is 41.6. The van der Waals surface area contributed by atoms with Crippen LogP contribution in [0.15, 0.2) is 36.5 Å². The van der Waals surface area contributed by atoms with Crippen LogP contribution in [0, 0.1) is 0 Å². The summed E-state index contributed by atoms with van der Waals surface area (Å²) in [4.78, 5) is 35.4. The number of phosphoric ester groups is 1. The van der Waals surface area contributed by atoms with Gasteiger partial charge in [0, 0.05) is 12.8 Å². The molecule has 1 N–H and O–H groups in total. The zero-order valence-electron chi connectivity index (χ0n) is 39.0. The second-order valence-electron chi connectivity index (χ2n) is 17.5. The molecule has 346 valence electrons. The molecule has 10 heteroatoms. The number of nitrogens with zero attached hydrogens (tertiary/aromatic N) is 1. The van der Waals surface area contributed by atoms with Crippen LogP contribution in [0.1, 0.15) is 213 Å². The number of quaternary nitrogens is 1.